The number of carbonyl (C=O) groups is 1. The van der Waals surface area contributed by atoms with Crippen molar-refractivity contribution in [1.29, 1.82) is 5.26 Å². The average molecular weight is 230 g/mol. The van der Waals surface area contributed by atoms with Crippen LogP contribution in [0.4, 0.5) is 0 Å². The standard InChI is InChI=1S/C12H10N2O3/c1-17-7-2-3-10-9(6-7)8(4-5-13)11(14-10)12(15)16/h2-3,6,14H,4H2,1H3,(H,15,16). The molecular formula is C12H10N2O3. The van der Waals surface area contributed by atoms with Crippen molar-refractivity contribution in [2.75, 3.05) is 7.11 Å². The quantitative estimate of drug-likeness (QED) is 0.843. The van der Waals surface area contributed by atoms with Gasteiger partial charge in [0.05, 0.1) is 19.6 Å². The number of fused-ring (bicyclic) bond motifs is 1. The minimum atomic E-state index is -1.06. The number of hydrogen-bond donors (Lipinski definition) is 2. The molecule has 0 saturated heterocycles. The zero-order valence-electron chi connectivity index (χ0n) is 9.15. The summed E-state index contributed by atoms with van der Waals surface area (Å²) in [4.78, 5) is 13.8. The van der Waals surface area contributed by atoms with Crippen LogP contribution in [-0.4, -0.2) is 23.2 Å². The second kappa shape index (κ2) is 4.18. The predicted molar refractivity (Wildman–Crippen MR) is 61.1 cm³/mol. The fraction of sp³-hybridized carbons (Fsp3) is 0.167. The van der Waals surface area contributed by atoms with Crippen LogP contribution in [0, 0.1) is 11.3 Å². The monoisotopic (exact) mass is 230 g/mol. The van der Waals surface area contributed by atoms with Gasteiger partial charge in [0, 0.05) is 16.5 Å². The molecule has 5 nitrogen and oxygen atoms in total. The number of nitriles is 1. The third-order valence-electron chi connectivity index (χ3n) is 2.58. The van der Waals surface area contributed by atoms with Crippen LogP contribution in [0.5, 0.6) is 5.75 Å². The van der Waals surface area contributed by atoms with Gasteiger partial charge < -0.3 is 14.8 Å². The molecule has 17 heavy (non-hydrogen) atoms. The number of ether oxygens (including phenoxy) is 1. The summed E-state index contributed by atoms with van der Waals surface area (Å²) in [6, 6.07) is 7.17. The van der Waals surface area contributed by atoms with Crippen LogP contribution in [0.1, 0.15) is 16.1 Å². The molecule has 1 aromatic carbocycles. The van der Waals surface area contributed by atoms with Crippen molar-refractivity contribution in [3.8, 4) is 11.8 Å². The Labute approximate surface area is 97.2 Å². The van der Waals surface area contributed by atoms with E-state index in [1.807, 2.05) is 6.07 Å². The number of nitrogens with zero attached hydrogens (tertiary/aromatic N) is 1. The van der Waals surface area contributed by atoms with Crippen molar-refractivity contribution in [3.63, 3.8) is 0 Å². The summed E-state index contributed by atoms with van der Waals surface area (Å²) in [7, 11) is 1.54. The van der Waals surface area contributed by atoms with E-state index in [1.54, 1.807) is 18.2 Å². The van der Waals surface area contributed by atoms with Crippen molar-refractivity contribution in [2.24, 2.45) is 0 Å². The van der Waals surface area contributed by atoms with Gasteiger partial charge in [-0.05, 0) is 18.2 Å². The first-order valence-corrected chi connectivity index (χ1v) is 4.96. The van der Waals surface area contributed by atoms with Crippen LogP contribution >= 0.6 is 0 Å². The van der Waals surface area contributed by atoms with E-state index in [1.165, 1.54) is 7.11 Å². The third kappa shape index (κ3) is 1.81. The maximum Gasteiger partial charge on any atom is 0.352 e. The maximum atomic E-state index is 11.0. The highest BCUT2D eigenvalue weighted by molar-refractivity contribution is 5.98. The van der Waals surface area contributed by atoms with Crippen LogP contribution in [0.3, 0.4) is 0 Å². The largest absolute Gasteiger partial charge is 0.497 e. The topological polar surface area (TPSA) is 86.1 Å². The Morgan fingerprint density at radius 3 is 2.94 bits per heavy atom. The van der Waals surface area contributed by atoms with Gasteiger partial charge >= 0.3 is 5.97 Å². The summed E-state index contributed by atoms with van der Waals surface area (Å²) < 4.78 is 5.08. The van der Waals surface area contributed by atoms with Crippen LogP contribution in [0.2, 0.25) is 0 Å². The number of hydrogen-bond acceptors (Lipinski definition) is 3. The Hall–Kier alpha value is -2.48. The zero-order valence-corrected chi connectivity index (χ0v) is 9.15. The van der Waals surface area contributed by atoms with Gasteiger partial charge in [0.1, 0.15) is 11.4 Å². The molecule has 5 heteroatoms. The molecule has 0 aliphatic carbocycles. The number of aromatic carboxylic acids is 1. The smallest absolute Gasteiger partial charge is 0.352 e. The van der Waals surface area contributed by atoms with Gasteiger partial charge in [-0.3, -0.25) is 0 Å². The summed E-state index contributed by atoms with van der Waals surface area (Å²) in [5, 5.41) is 18.5. The lowest BCUT2D eigenvalue weighted by Crippen LogP contribution is -2.00. The molecule has 2 aromatic rings. The van der Waals surface area contributed by atoms with E-state index in [4.69, 9.17) is 15.1 Å². The van der Waals surface area contributed by atoms with Crippen molar-refractivity contribution in [2.45, 2.75) is 6.42 Å². The molecule has 0 aliphatic rings. The van der Waals surface area contributed by atoms with E-state index in [0.29, 0.717) is 22.2 Å². The summed E-state index contributed by atoms with van der Waals surface area (Å²) in [5.74, 6) is -0.432. The molecule has 1 aromatic heterocycles. The molecule has 0 atom stereocenters. The minimum absolute atomic E-state index is 0.0504. The third-order valence-corrected chi connectivity index (χ3v) is 2.58. The number of aromatic nitrogens is 1. The molecule has 2 rings (SSSR count). The summed E-state index contributed by atoms with van der Waals surface area (Å²) in [6.45, 7) is 0. The Bertz CT molecular complexity index is 622. The van der Waals surface area contributed by atoms with Crippen molar-refractivity contribution in [3.05, 3.63) is 29.5 Å². The van der Waals surface area contributed by atoms with Crippen LogP contribution in [0.25, 0.3) is 10.9 Å². The molecule has 0 saturated carbocycles. The fourth-order valence-corrected chi connectivity index (χ4v) is 1.80. The maximum absolute atomic E-state index is 11.0. The van der Waals surface area contributed by atoms with Gasteiger partial charge in [-0.1, -0.05) is 0 Å². The molecule has 1 heterocycles. The van der Waals surface area contributed by atoms with E-state index in [2.05, 4.69) is 4.98 Å². The average Bonchev–Trinajstić information content (AvgIpc) is 2.68. The Morgan fingerprint density at radius 1 is 1.59 bits per heavy atom. The van der Waals surface area contributed by atoms with Gasteiger partial charge in [-0.2, -0.15) is 5.26 Å². The number of benzene rings is 1. The molecule has 0 bridgehead atoms. The van der Waals surface area contributed by atoms with Crippen molar-refractivity contribution < 1.29 is 14.6 Å². The first kappa shape index (κ1) is 11.0. The number of nitrogens with one attached hydrogen (secondary N) is 1. The van der Waals surface area contributed by atoms with E-state index < -0.39 is 5.97 Å². The molecule has 0 amide bonds. The Balaban J connectivity index is 2.73. The molecule has 0 aliphatic heterocycles. The van der Waals surface area contributed by atoms with Gasteiger partial charge in [0.25, 0.3) is 0 Å². The van der Waals surface area contributed by atoms with E-state index >= 15 is 0 Å². The van der Waals surface area contributed by atoms with Crippen LogP contribution in [-0.2, 0) is 6.42 Å². The minimum Gasteiger partial charge on any atom is -0.497 e. The van der Waals surface area contributed by atoms with Crippen molar-refractivity contribution >= 4 is 16.9 Å². The highest BCUT2D eigenvalue weighted by Crippen LogP contribution is 2.27. The van der Waals surface area contributed by atoms with Gasteiger partial charge in [-0.25, -0.2) is 4.79 Å². The number of carboxylic acids is 1. The predicted octanol–water partition coefficient (Wildman–Crippen LogP) is 1.94. The van der Waals surface area contributed by atoms with Gasteiger partial charge in [0.2, 0.25) is 0 Å². The molecule has 0 radical (unpaired) electrons. The number of H-pyrrole nitrogens is 1. The van der Waals surface area contributed by atoms with Crippen LogP contribution in [0.15, 0.2) is 18.2 Å². The summed E-state index contributed by atoms with van der Waals surface area (Å²) >= 11 is 0. The van der Waals surface area contributed by atoms with Crippen LogP contribution < -0.4 is 4.74 Å². The summed E-state index contributed by atoms with van der Waals surface area (Å²) in [5.41, 5.74) is 1.25. The highest BCUT2D eigenvalue weighted by Gasteiger charge is 2.16. The number of rotatable bonds is 3. The molecule has 0 spiro atoms. The van der Waals surface area contributed by atoms with Gasteiger partial charge in [-0.15, -0.1) is 0 Å². The number of carboxylic acid groups (broad SMARTS) is 1. The molecule has 2 N–H and O–H groups in total. The van der Waals surface area contributed by atoms with E-state index in [-0.39, 0.29) is 12.1 Å². The highest BCUT2D eigenvalue weighted by atomic mass is 16.5. The fourth-order valence-electron chi connectivity index (χ4n) is 1.80. The normalized spacial score (nSPS) is 10.1. The second-order valence-corrected chi connectivity index (χ2v) is 3.53. The lowest BCUT2D eigenvalue weighted by atomic mass is 10.1. The van der Waals surface area contributed by atoms with E-state index in [0.717, 1.165) is 0 Å². The summed E-state index contributed by atoms with van der Waals surface area (Å²) in [6.07, 6.45) is 0.0504. The Kier molecular flexibility index (Phi) is 2.71. The number of methoxy groups -OCH3 is 1. The molecule has 86 valence electrons. The SMILES string of the molecule is COc1ccc2[nH]c(C(=O)O)c(CC#N)c2c1. The molecular weight excluding hydrogens is 220 g/mol. The van der Waals surface area contributed by atoms with Crippen molar-refractivity contribution in [1.82, 2.24) is 4.98 Å². The Morgan fingerprint density at radius 2 is 2.35 bits per heavy atom. The van der Waals surface area contributed by atoms with E-state index in [9.17, 15) is 4.79 Å². The first-order valence-electron chi connectivity index (χ1n) is 4.96. The lowest BCUT2D eigenvalue weighted by Gasteiger charge is -1.99. The van der Waals surface area contributed by atoms with Gasteiger partial charge in [0.15, 0.2) is 0 Å². The zero-order chi connectivity index (χ0) is 12.4. The lowest BCUT2D eigenvalue weighted by molar-refractivity contribution is 0.0690. The number of aromatic amines is 1. The molecule has 0 fully saturated rings. The first-order chi connectivity index (χ1) is 8.17. The second-order valence-electron chi connectivity index (χ2n) is 3.53. The molecule has 0 unspecified atom stereocenters.